The molecule has 1 fully saturated rings. The first-order chi connectivity index (χ1) is 13.5. The Labute approximate surface area is 164 Å². The summed E-state index contributed by atoms with van der Waals surface area (Å²) in [7, 11) is 0. The zero-order chi connectivity index (χ0) is 20.1. The van der Waals surface area contributed by atoms with Gasteiger partial charge in [-0.25, -0.2) is 0 Å². The summed E-state index contributed by atoms with van der Waals surface area (Å²) in [6.45, 7) is 3.57. The molecule has 4 atom stereocenters. The third-order valence-electron chi connectivity index (χ3n) is 4.89. The van der Waals surface area contributed by atoms with E-state index in [0.717, 1.165) is 0 Å². The third-order valence-corrected chi connectivity index (χ3v) is 4.89. The van der Waals surface area contributed by atoms with E-state index < -0.39 is 24.3 Å². The molecule has 3 rings (SSSR count). The van der Waals surface area contributed by atoms with Crippen molar-refractivity contribution >= 4 is 11.8 Å². The molecule has 0 bridgehead atoms. The van der Waals surface area contributed by atoms with Gasteiger partial charge in [0.1, 0.15) is 18.0 Å². The topological polar surface area (TPSA) is 87.7 Å². The molecule has 0 spiro atoms. The van der Waals surface area contributed by atoms with E-state index in [1.54, 1.807) is 38.1 Å². The molecule has 2 aromatic rings. The lowest BCUT2D eigenvalue weighted by Gasteiger charge is -2.25. The average Bonchev–Trinajstić information content (AvgIpc) is 2.98. The molecule has 0 aliphatic heterocycles. The van der Waals surface area contributed by atoms with Gasteiger partial charge in [-0.05, 0) is 24.3 Å². The molecule has 28 heavy (non-hydrogen) atoms. The van der Waals surface area contributed by atoms with Crippen LogP contribution in [0.4, 0.5) is 0 Å². The van der Waals surface area contributed by atoms with Crippen molar-refractivity contribution in [3.05, 3.63) is 66.2 Å². The zero-order valence-corrected chi connectivity index (χ0v) is 16.0. The molecular formula is C22H26N2O4. The SMILES string of the molecule is CC(C)C(=O)N[C@@H]1[C@@H](O)[C@H](Oc2ccccc2)C[C@H]1NC(=O)c1ccccc1. The molecule has 1 aliphatic rings. The number of carbonyl (C=O) groups is 2. The summed E-state index contributed by atoms with van der Waals surface area (Å²) in [5.41, 5.74) is 0.526. The highest BCUT2D eigenvalue weighted by molar-refractivity contribution is 5.94. The normalized spacial score (nSPS) is 24.0. The van der Waals surface area contributed by atoms with Crippen molar-refractivity contribution in [1.29, 1.82) is 0 Å². The summed E-state index contributed by atoms with van der Waals surface area (Å²) in [5.74, 6) is -0.0207. The number of amides is 2. The van der Waals surface area contributed by atoms with Crippen LogP contribution in [0.3, 0.4) is 0 Å². The molecular weight excluding hydrogens is 356 g/mol. The van der Waals surface area contributed by atoms with Crippen LogP contribution in [0, 0.1) is 5.92 Å². The molecule has 1 saturated carbocycles. The van der Waals surface area contributed by atoms with Crippen LogP contribution in [0.1, 0.15) is 30.6 Å². The van der Waals surface area contributed by atoms with Crippen molar-refractivity contribution in [3.8, 4) is 5.75 Å². The summed E-state index contributed by atoms with van der Waals surface area (Å²) in [6, 6.07) is 17.0. The van der Waals surface area contributed by atoms with E-state index in [-0.39, 0.29) is 17.7 Å². The number of para-hydroxylation sites is 1. The van der Waals surface area contributed by atoms with Gasteiger partial charge in [-0.1, -0.05) is 50.2 Å². The Morgan fingerprint density at radius 2 is 1.61 bits per heavy atom. The minimum atomic E-state index is -0.941. The number of hydrogen-bond donors (Lipinski definition) is 3. The van der Waals surface area contributed by atoms with E-state index in [9.17, 15) is 14.7 Å². The quantitative estimate of drug-likeness (QED) is 0.714. The fourth-order valence-corrected chi connectivity index (χ4v) is 3.30. The minimum absolute atomic E-state index is 0.177. The highest BCUT2D eigenvalue weighted by Gasteiger charge is 2.45. The molecule has 0 heterocycles. The maximum absolute atomic E-state index is 12.6. The average molecular weight is 382 g/mol. The van der Waals surface area contributed by atoms with Gasteiger partial charge in [0, 0.05) is 17.9 Å². The second kappa shape index (κ2) is 8.89. The van der Waals surface area contributed by atoms with Crippen LogP contribution in [0.25, 0.3) is 0 Å². The van der Waals surface area contributed by atoms with Crippen LogP contribution in [-0.4, -0.2) is 41.2 Å². The number of aliphatic hydroxyl groups is 1. The first-order valence-electron chi connectivity index (χ1n) is 9.51. The number of nitrogens with one attached hydrogen (secondary N) is 2. The van der Waals surface area contributed by atoms with Gasteiger partial charge < -0.3 is 20.5 Å². The number of aliphatic hydroxyl groups excluding tert-OH is 1. The molecule has 3 N–H and O–H groups in total. The van der Waals surface area contributed by atoms with Crippen molar-refractivity contribution in [2.75, 3.05) is 0 Å². The number of hydrogen-bond acceptors (Lipinski definition) is 4. The lowest BCUT2D eigenvalue weighted by molar-refractivity contribution is -0.125. The standard InChI is InChI=1S/C22H26N2O4/c1-14(2)21(26)24-19-17(23-22(27)15-9-5-3-6-10-15)13-18(20(19)25)28-16-11-7-4-8-12-16/h3-12,14,17-20,25H,13H2,1-2H3,(H,23,27)(H,24,26)/t17-,18-,19+,20+/m1/s1. The van der Waals surface area contributed by atoms with Crippen LogP contribution in [0.5, 0.6) is 5.75 Å². The Morgan fingerprint density at radius 1 is 1.00 bits per heavy atom. The first kappa shape index (κ1) is 19.9. The van der Waals surface area contributed by atoms with Crippen molar-refractivity contribution < 1.29 is 19.4 Å². The van der Waals surface area contributed by atoms with Gasteiger partial charge in [0.2, 0.25) is 5.91 Å². The molecule has 0 aromatic heterocycles. The van der Waals surface area contributed by atoms with E-state index in [1.165, 1.54) is 0 Å². The molecule has 6 nitrogen and oxygen atoms in total. The van der Waals surface area contributed by atoms with E-state index >= 15 is 0 Å². The Balaban J connectivity index is 1.76. The first-order valence-corrected chi connectivity index (χ1v) is 9.51. The van der Waals surface area contributed by atoms with Gasteiger partial charge in [0.05, 0.1) is 12.1 Å². The predicted octanol–water partition coefficient (Wildman–Crippen LogP) is 2.14. The van der Waals surface area contributed by atoms with Gasteiger partial charge >= 0.3 is 0 Å². The second-order valence-corrected chi connectivity index (χ2v) is 7.33. The highest BCUT2D eigenvalue weighted by Crippen LogP contribution is 2.26. The summed E-state index contributed by atoms with van der Waals surface area (Å²) >= 11 is 0. The van der Waals surface area contributed by atoms with Gasteiger partial charge in [-0.2, -0.15) is 0 Å². The van der Waals surface area contributed by atoms with Crippen LogP contribution >= 0.6 is 0 Å². The lowest BCUT2D eigenvalue weighted by Crippen LogP contribution is -2.54. The molecule has 6 heteroatoms. The van der Waals surface area contributed by atoms with Crippen molar-refractivity contribution in [2.45, 2.75) is 44.6 Å². The second-order valence-electron chi connectivity index (χ2n) is 7.33. The van der Waals surface area contributed by atoms with Crippen molar-refractivity contribution in [1.82, 2.24) is 10.6 Å². The molecule has 148 valence electrons. The summed E-state index contributed by atoms with van der Waals surface area (Å²) in [5, 5.41) is 16.6. The van der Waals surface area contributed by atoms with Gasteiger partial charge in [-0.3, -0.25) is 9.59 Å². The maximum atomic E-state index is 12.6. The maximum Gasteiger partial charge on any atom is 0.251 e. The molecule has 2 aromatic carbocycles. The molecule has 0 saturated heterocycles. The van der Waals surface area contributed by atoms with Crippen LogP contribution in [-0.2, 0) is 4.79 Å². The number of benzene rings is 2. The zero-order valence-electron chi connectivity index (χ0n) is 16.0. The molecule has 0 radical (unpaired) electrons. The van der Waals surface area contributed by atoms with Crippen molar-refractivity contribution in [3.63, 3.8) is 0 Å². The van der Waals surface area contributed by atoms with Crippen LogP contribution < -0.4 is 15.4 Å². The fraction of sp³-hybridized carbons (Fsp3) is 0.364. The monoisotopic (exact) mass is 382 g/mol. The van der Waals surface area contributed by atoms with E-state index in [2.05, 4.69) is 10.6 Å². The summed E-state index contributed by atoms with van der Waals surface area (Å²) in [6.07, 6.45) is -1.09. The highest BCUT2D eigenvalue weighted by atomic mass is 16.5. The Hall–Kier alpha value is -2.86. The van der Waals surface area contributed by atoms with Gasteiger partial charge in [0.25, 0.3) is 5.91 Å². The van der Waals surface area contributed by atoms with E-state index in [1.807, 2.05) is 36.4 Å². The third kappa shape index (κ3) is 4.70. The molecule has 2 amide bonds. The van der Waals surface area contributed by atoms with E-state index in [4.69, 9.17) is 4.74 Å². The minimum Gasteiger partial charge on any atom is -0.488 e. The predicted molar refractivity (Wildman–Crippen MR) is 106 cm³/mol. The Kier molecular flexibility index (Phi) is 6.31. The number of rotatable bonds is 6. The van der Waals surface area contributed by atoms with Gasteiger partial charge in [-0.15, -0.1) is 0 Å². The van der Waals surface area contributed by atoms with Crippen molar-refractivity contribution in [2.24, 2.45) is 5.92 Å². The largest absolute Gasteiger partial charge is 0.488 e. The number of ether oxygens (including phenoxy) is 1. The molecule has 1 aliphatic carbocycles. The number of carbonyl (C=O) groups excluding carboxylic acids is 2. The Bertz CT molecular complexity index is 795. The fourth-order valence-electron chi connectivity index (χ4n) is 3.30. The summed E-state index contributed by atoms with van der Waals surface area (Å²) < 4.78 is 5.92. The Morgan fingerprint density at radius 3 is 2.21 bits per heavy atom. The van der Waals surface area contributed by atoms with E-state index in [0.29, 0.717) is 17.7 Å². The molecule has 0 unspecified atom stereocenters. The van der Waals surface area contributed by atoms with Crippen LogP contribution in [0.2, 0.25) is 0 Å². The van der Waals surface area contributed by atoms with Crippen LogP contribution in [0.15, 0.2) is 60.7 Å². The van der Waals surface area contributed by atoms with Gasteiger partial charge in [0.15, 0.2) is 0 Å². The lowest BCUT2D eigenvalue weighted by atomic mass is 10.1. The smallest absolute Gasteiger partial charge is 0.251 e. The summed E-state index contributed by atoms with van der Waals surface area (Å²) in [4.78, 5) is 24.8.